The molecule has 0 fully saturated rings. The predicted molar refractivity (Wildman–Crippen MR) is 123 cm³/mol. The minimum Gasteiger partial charge on any atom is -0.368 e. The van der Waals surface area contributed by atoms with E-state index in [-0.39, 0.29) is 12.5 Å². The molecule has 1 aromatic heterocycles. The molecule has 0 aliphatic heterocycles. The van der Waals surface area contributed by atoms with Crippen LogP contribution in [0.5, 0.6) is 0 Å². The average Bonchev–Trinajstić information content (AvgIpc) is 2.72. The zero-order valence-electron chi connectivity index (χ0n) is 16.9. The number of aromatic nitrogens is 2. The highest BCUT2D eigenvalue weighted by atomic mass is 35.5. The first-order chi connectivity index (χ1) is 14.7. The molecule has 2 aromatic carbocycles. The molecule has 8 nitrogen and oxygen atoms in total. The number of benzene rings is 2. The van der Waals surface area contributed by atoms with Crippen molar-refractivity contribution in [3.63, 3.8) is 0 Å². The van der Waals surface area contributed by atoms with E-state index < -0.39 is 18.0 Å². The first kappa shape index (κ1) is 22.6. The molecule has 0 unspecified atom stereocenters. The Morgan fingerprint density at radius 1 is 1.06 bits per heavy atom. The van der Waals surface area contributed by atoms with E-state index in [1.54, 1.807) is 18.2 Å². The van der Waals surface area contributed by atoms with Gasteiger partial charge in [0.1, 0.15) is 11.9 Å². The van der Waals surface area contributed by atoms with Crippen LogP contribution in [0.4, 0.5) is 16.3 Å². The minimum atomic E-state index is -0.600. The van der Waals surface area contributed by atoms with Crippen molar-refractivity contribution in [3.05, 3.63) is 58.3 Å². The molecule has 0 aliphatic carbocycles. The maximum Gasteiger partial charge on any atom is 0.319 e. The Hall–Kier alpha value is -3.10. The molecule has 162 valence electrons. The van der Waals surface area contributed by atoms with Gasteiger partial charge >= 0.3 is 6.03 Å². The smallest absolute Gasteiger partial charge is 0.319 e. The molecule has 0 saturated heterocycles. The van der Waals surface area contributed by atoms with Gasteiger partial charge in [-0.25, -0.2) is 14.8 Å². The number of hydrogen-bond donors (Lipinski definition) is 4. The highest BCUT2D eigenvalue weighted by Gasteiger charge is 2.21. The molecule has 31 heavy (non-hydrogen) atoms. The number of halogens is 2. The van der Waals surface area contributed by atoms with Crippen LogP contribution in [-0.2, 0) is 11.3 Å². The van der Waals surface area contributed by atoms with Gasteiger partial charge in [-0.05, 0) is 36.2 Å². The SMILES string of the molecule is CC(C)[C@H](Nc1nc(CNC(=O)Nc2ccc(Cl)c(Cl)c2)nc2ccccc12)C(N)=O. The van der Waals surface area contributed by atoms with Gasteiger partial charge in [-0.1, -0.05) is 49.2 Å². The summed E-state index contributed by atoms with van der Waals surface area (Å²) in [5.74, 6) is 0.338. The molecule has 0 radical (unpaired) electrons. The molecule has 1 atom stereocenters. The Bertz CT molecular complexity index is 1120. The second-order valence-corrected chi connectivity index (χ2v) is 8.02. The summed E-state index contributed by atoms with van der Waals surface area (Å²) in [5, 5.41) is 9.97. The molecule has 10 heteroatoms. The first-order valence-electron chi connectivity index (χ1n) is 9.56. The van der Waals surface area contributed by atoms with E-state index in [1.165, 1.54) is 0 Å². The van der Waals surface area contributed by atoms with Crippen LogP contribution < -0.4 is 21.7 Å². The molecule has 1 heterocycles. The lowest BCUT2D eigenvalue weighted by Gasteiger charge is -2.21. The van der Waals surface area contributed by atoms with E-state index in [2.05, 4.69) is 25.9 Å². The van der Waals surface area contributed by atoms with Crippen molar-refractivity contribution >= 4 is 57.5 Å². The monoisotopic (exact) mass is 460 g/mol. The van der Waals surface area contributed by atoms with Gasteiger partial charge in [0.25, 0.3) is 0 Å². The van der Waals surface area contributed by atoms with Crippen molar-refractivity contribution in [2.24, 2.45) is 11.7 Å². The number of nitrogens with two attached hydrogens (primary N) is 1. The quantitative estimate of drug-likeness (QED) is 0.421. The van der Waals surface area contributed by atoms with Gasteiger partial charge in [0.2, 0.25) is 5.91 Å². The highest BCUT2D eigenvalue weighted by molar-refractivity contribution is 6.42. The zero-order valence-corrected chi connectivity index (χ0v) is 18.5. The van der Waals surface area contributed by atoms with E-state index in [9.17, 15) is 9.59 Å². The highest BCUT2D eigenvalue weighted by Crippen LogP contribution is 2.25. The van der Waals surface area contributed by atoms with Crippen molar-refractivity contribution < 1.29 is 9.59 Å². The number of anilines is 2. The summed E-state index contributed by atoms with van der Waals surface area (Å²) >= 11 is 11.8. The van der Waals surface area contributed by atoms with Crippen molar-refractivity contribution in [1.29, 1.82) is 0 Å². The number of urea groups is 1. The number of fused-ring (bicyclic) bond motifs is 1. The first-order valence-corrected chi connectivity index (χ1v) is 10.3. The fourth-order valence-electron chi connectivity index (χ4n) is 2.94. The molecule has 0 spiro atoms. The van der Waals surface area contributed by atoms with Crippen molar-refractivity contribution in [2.45, 2.75) is 26.4 Å². The van der Waals surface area contributed by atoms with Crippen molar-refractivity contribution in [1.82, 2.24) is 15.3 Å². The minimum absolute atomic E-state index is 0.0372. The van der Waals surface area contributed by atoms with Gasteiger partial charge in [0.15, 0.2) is 5.82 Å². The van der Waals surface area contributed by atoms with Crippen LogP contribution in [0.2, 0.25) is 10.0 Å². The second-order valence-electron chi connectivity index (χ2n) is 7.21. The Labute approximate surface area is 189 Å². The standard InChI is InChI=1S/C21H22Cl2N6O2/c1-11(2)18(19(24)30)29-20-13-5-3-4-6-16(13)27-17(28-20)10-25-21(31)26-12-7-8-14(22)15(23)9-12/h3-9,11,18H,10H2,1-2H3,(H2,24,30)(H2,25,26,31)(H,27,28,29)/t18-/m0/s1. The van der Waals surface area contributed by atoms with Crippen LogP contribution >= 0.6 is 23.2 Å². The third-order valence-corrected chi connectivity index (χ3v) is 5.24. The normalized spacial score (nSPS) is 11.9. The van der Waals surface area contributed by atoms with E-state index in [1.807, 2.05) is 38.1 Å². The third kappa shape index (κ3) is 5.74. The van der Waals surface area contributed by atoms with Gasteiger partial charge in [0.05, 0.1) is 22.1 Å². The van der Waals surface area contributed by atoms with E-state index in [0.29, 0.717) is 32.9 Å². The summed E-state index contributed by atoms with van der Waals surface area (Å²) in [7, 11) is 0. The summed E-state index contributed by atoms with van der Waals surface area (Å²) < 4.78 is 0. The predicted octanol–water partition coefficient (Wildman–Crippen LogP) is 4.18. The van der Waals surface area contributed by atoms with E-state index >= 15 is 0 Å². The number of primary amides is 1. The molecule has 0 aliphatic rings. The number of hydrogen-bond acceptors (Lipinski definition) is 5. The molecule has 3 aromatic rings. The molecule has 3 rings (SSSR count). The Balaban J connectivity index is 1.78. The third-order valence-electron chi connectivity index (χ3n) is 4.50. The number of carbonyl (C=O) groups is 2. The van der Waals surface area contributed by atoms with Crippen LogP contribution in [0.25, 0.3) is 10.9 Å². The fraction of sp³-hybridized carbons (Fsp3) is 0.238. The molecule has 5 N–H and O–H groups in total. The van der Waals surface area contributed by atoms with E-state index in [4.69, 9.17) is 28.9 Å². The molecule has 0 saturated carbocycles. The van der Waals surface area contributed by atoms with Gasteiger partial charge in [0, 0.05) is 11.1 Å². The lowest BCUT2D eigenvalue weighted by molar-refractivity contribution is -0.119. The van der Waals surface area contributed by atoms with Crippen LogP contribution in [-0.4, -0.2) is 27.9 Å². The average molecular weight is 461 g/mol. The Morgan fingerprint density at radius 3 is 2.48 bits per heavy atom. The maximum absolute atomic E-state index is 12.3. The van der Waals surface area contributed by atoms with Crippen LogP contribution in [0.15, 0.2) is 42.5 Å². The second kappa shape index (κ2) is 9.80. The number of carbonyl (C=O) groups excluding carboxylic acids is 2. The van der Waals surface area contributed by atoms with E-state index in [0.717, 1.165) is 5.39 Å². The lowest BCUT2D eigenvalue weighted by atomic mass is 10.0. The molecule has 0 bridgehead atoms. The van der Waals surface area contributed by atoms with Gasteiger partial charge < -0.3 is 21.7 Å². The number of para-hydroxylation sites is 1. The van der Waals surface area contributed by atoms with Crippen molar-refractivity contribution in [2.75, 3.05) is 10.6 Å². The molecule has 3 amide bonds. The number of nitrogens with zero attached hydrogens (tertiary/aromatic N) is 2. The van der Waals surface area contributed by atoms with Gasteiger partial charge in [-0.2, -0.15) is 0 Å². The molecular formula is C21H22Cl2N6O2. The van der Waals surface area contributed by atoms with Crippen molar-refractivity contribution in [3.8, 4) is 0 Å². The lowest BCUT2D eigenvalue weighted by Crippen LogP contribution is -2.40. The summed E-state index contributed by atoms with van der Waals surface area (Å²) in [6, 6.07) is 11.1. The van der Waals surface area contributed by atoms with Crippen LogP contribution in [0.3, 0.4) is 0 Å². The van der Waals surface area contributed by atoms with Crippen LogP contribution in [0, 0.1) is 5.92 Å². The Morgan fingerprint density at radius 2 is 1.81 bits per heavy atom. The Kier molecular flexibility index (Phi) is 7.14. The largest absolute Gasteiger partial charge is 0.368 e. The zero-order chi connectivity index (χ0) is 22.5. The summed E-state index contributed by atoms with van der Waals surface area (Å²) in [6.07, 6.45) is 0. The summed E-state index contributed by atoms with van der Waals surface area (Å²) in [4.78, 5) is 33.1. The number of amides is 3. The van der Waals surface area contributed by atoms with Gasteiger partial charge in [-0.15, -0.1) is 0 Å². The number of nitrogens with one attached hydrogen (secondary N) is 3. The maximum atomic E-state index is 12.3. The summed E-state index contributed by atoms with van der Waals surface area (Å²) in [5.41, 5.74) is 6.70. The number of rotatable bonds is 7. The fourth-order valence-corrected chi connectivity index (χ4v) is 3.23. The molecular weight excluding hydrogens is 439 g/mol. The summed E-state index contributed by atoms with van der Waals surface area (Å²) in [6.45, 7) is 3.85. The topological polar surface area (TPSA) is 122 Å². The van der Waals surface area contributed by atoms with Crippen LogP contribution in [0.1, 0.15) is 19.7 Å². The van der Waals surface area contributed by atoms with Gasteiger partial charge in [-0.3, -0.25) is 4.79 Å².